The van der Waals surface area contributed by atoms with Crippen LogP contribution in [0.1, 0.15) is 39.7 Å². The zero-order chi connectivity index (χ0) is 13.8. The molecule has 0 bridgehead atoms. The highest BCUT2D eigenvalue weighted by molar-refractivity contribution is 6.31. The summed E-state index contributed by atoms with van der Waals surface area (Å²) in [6, 6.07) is 8.22. The van der Waals surface area contributed by atoms with Crippen LogP contribution in [0.2, 0.25) is 5.02 Å². The Hall–Kier alpha value is -0.570. The van der Waals surface area contributed by atoms with Crippen molar-refractivity contribution in [3.8, 4) is 0 Å². The van der Waals surface area contributed by atoms with Gasteiger partial charge in [-0.1, -0.05) is 57.5 Å². The van der Waals surface area contributed by atoms with Crippen LogP contribution in [0.15, 0.2) is 24.3 Å². The number of hydrogen-bond acceptors (Lipinski definition) is 2. The molecule has 2 unspecified atom stereocenters. The molecule has 3 heteroatoms. The van der Waals surface area contributed by atoms with Crippen LogP contribution in [0.25, 0.3) is 0 Å². The van der Waals surface area contributed by atoms with Crippen molar-refractivity contribution >= 4 is 11.6 Å². The molecule has 0 heterocycles. The van der Waals surface area contributed by atoms with Crippen molar-refractivity contribution in [2.45, 2.75) is 46.6 Å². The zero-order valence-electron chi connectivity index (χ0n) is 11.8. The summed E-state index contributed by atoms with van der Waals surface area (Å²) < 4.78 is 0. The lowest BCUT2D eigenvalue weighted by Gasteiger charge is -2.30. The average Bonchev–Trinajstić information content (AvgIpc) is 2.29. The van der Waals surface area contributed by atoms with E-state index < -0.39 is 0 Å². The Balaban J connectivity index is 2.66. The number of nitrogens with one attached hydrogen (secondary N) is 1. The molecule has 0 radical (unpaired) electrons. The summed E-state index contributed by atoms with van der Waals surface area (Å²) in [6.45, 7) is 9.07. The summed E-state index contributed by atoms with van der Waals surface area (Å²) >= 11 is 6.18. The van der Waals surface area contributed by atoms with Crippen molar-refractivity contribution < 1.29 is 0 Å². The number of hydrazine groups is 1. The molecule has 3 N–H and O–H groups in total. The van der Waals surface area contributed by atoms with Gasteiger partial charge in [-0.15, -0.1) is 0 Å². The normalized spacial score (nSPS) is 15.4. The minimum atomic E-state index is 0.263. The highest BCUT2D eigenvalue weighted by atomic mass is 35.5. The largest absolute Gasteiger partial charge is 0.271 e. The quantitative estimate of drug-likeness (QED) is 0.630. The SMILES string of the molecule is CC(CC(Cc1ccccc1Cl)NN)C(C)(C)C. The van der Waals surface area contributed by atoms with E-state index in [1.54, 1.807) is 0 Å². The molecule has 2 nitrogen and oxygen atoms in total. The van der Waals surface area contributed by atoms with Gasteiger partial charge < -0.3 is 0 Å². The van der Waals surface area contributed by atoms with Gasteiger partial charge in [0, 0.05) is 11.1 Å². The highest BCUT2D eigenvalue weighted by Crippen LogP contribution is 2.30. The fraction of sp³-hybridized carbons (Fsp3) is 0.600. The van der Waals surface area contributed by atoms with E-state index in [-0.39, 0.29) is 6.04 Å². The maximum Gasteiger partial charge on any atom is 0.0438 e. The molecule has 18 heavy (non-hydrogen) atoms. The molecular formula is C15H25ClN2. The first-order valence-corrected chi connectivity index (χ1v) is 6.92. The molecule has 0 amide bonds. The summed E-state index contributed by atoms with van der Waals surface area (Å²) in [4.78, 5) is 0. The van der Waals surface area contributed by atoms with Crippen LogP contribution in [0, 0.1) is 11.3 Å². The van der Waals surface area contributed by atoms with E-state index in [0.717, 1.165) is 23.4 Å². The number of nitrogens with two attached hydrogens (primary N) is 1. The Morgan fingerprint density at radius 3 is 2.39 bits per heavy atom. The number of halogens is 1. The van der Waals surface area contributed by atoms with Gasteiger partial charge in [-0.2, -0.15) is 0 Å². The van der Waals surface area contributed by atoms with Gasteiger partial charge in [-0.3, -0.25) is 11.3 Å². The summed E-state index contributed by atoms with van der Waals surface area (Å²) in [5.41, 5.74) is 4.38. The lowest BCUT2D eigenvalue weighted by atomic mass is 9.78. The van der Waals surface area contributed by atoms with Gasteiger partial charge in [0.15, 0.2) is 0 Å². The summed E-state index contributed by atoms with van der Waals surface area (Å²) in [5, 5.41) is 0.821. The molecule has 0 aliphatic rings. The molecule has 102 valence electrons. The molecule has 1 aromatic rings. The summed E-state index contributed by atoms with van der Waals surface area (Å²) in [7, 11) is 0. The molecule has 1 aromatic carbocycles. The molecule has 0 saturated carbocycles. The van der Waals surface area contributed by atoms with Crippen molar-refractivity contribution in [2.24, 2.45) is 17.2 Å². The first-order valence-electron chi connectivity index (χ1n) is 6.54. The molecule has 1 rings (SSSR count). The van der Waals surface area contributed by atoms with Crippen LogP contribution in [0.3, 0.4) is 0 Å². The van der Waals surface area contributed by atoms with Gasteiger partial charge in [0.25, 0.3) is 0 Å². The van der Waals surface area contributed by atoms with Crippen LogP contribution in [-0.4, -0.2) is 6.04 Å². The fourth-order valence-electron chi connectivity index (χ4n) is 1.92. The highest BCUT2D eigenvalue weighted by Gasteiger charge is 2.23. The second-order valence-corrected chi connectivity index (χ2v) is 6.57. The molecule has 0 spiro atoms. The van der Waals surface area contributed by atoms with Gasteiger partial charge in [0.2, 0.25) is 0 Å². The van der Waals surface area contributed by atoms with E-state index in [1.807, 2.05) is 18.2 Å². The van der Waals surface area contributed by atoms with Crippen LogP contribution in [0.5, 0.6) is 0 Å². The van der Waals surface area contributed by atoms with Gasteiger partial charge in [-0.25, -0.2) is 0 Å². The van der Waals surface area contributed by atoms with Crippen LogP contribution in [-0.2, 0) is 6.42 Å². The third-order valence-electron chi connectivity index (χ3n) is 3.78. The van der Waals surface area contributed by atoms with E-state index >= 15 is 0 Å². The smallest absolute Gasteiger partial charge is 0.0438 e. The number of rotatable bonds is 5. The van der Waals surface area contributed by atoms with Crippen LogP contribution in [0.4, 0.5) is 0 Å². The second kappa shape index (κ2) is 6.55. The van der Waals surface area contributed by atoms with Gasteiger partial charge >= 0.3 is 0 Å². The molecular weight excluding hydrogens is 244 g/mol. The lowest BCUT2D eigenvalue weighted by molar-refractivity contribution is 0.222. The first-order chi connectivity index (χ1) is 8.34. The first kappa shape index (κ1) is 15.5. The van der Waals surface area contributed by atoms with E-state index in [9.17, 15) is 0 Å². The van der Waals surface area contributed by atoms with E-state index in [0.29, 0.717) is 11.3 Å². The van der Waals surface area contributed by atoms with Crippen LogP contribution < -0.4 is 11.3 Å². The van der Waals surface area contributed by atoms with Crippen molar-refractivity contribution in [1.29, 1.82) is 0 Å². The van der Waals surface area contributed by atoms with Crippen molar-refractivity contribution in [3.63, 3.8) is 0 Å². The minimum absolute atomic E-state index is 0.263. The average molecular weight is 269 g/mol. The standard InChI is InChI=1S/C15H25ClN2/c1-11(15(2,3)4)9-13(18-17)10-12-7-5-6-8-14(12)16/h5-8,11,13,18H,9-10,17H2,1-4H3. The predicted octanol–water partition coefficient (Wildman–Crippen LogP) is 3.79. The molecule has 0 saturated heterocycles. The monoisotopic (exact) mass is 268 g/mol. The third-order valence-corrected chi connectivity index (χ3v) is 4.15. The van der Waals surface area contributed by atoms with Gasteiger partial charge in [-0.05, 0) is 35.8 Å². The summed E-state index contributed by atoms with van der Waals surface area (Å²) in [6.07, 6.45) is 1.92. The van der Waals surface area contributed by atoms with Crippen molar-refractivity contribution in [1.82, 2.24) is 5.43 Å². The molecule has 0 aliphatic carbocycles. The molecule has 0 fully saturated rings. The molecule has 0 aromatic heterocycles. The molecule has 0 aliphatic heterocycles. The maximum absolute atomic E-state index is 6.18. The molecule has 2 atom stereocenters. The second-order valence-electron chi connectivity index (χ2n) is 6.16. The Kier molecular flexibility index (Phi) is 5.64. The Morgan fingerprint density at radius 2 is 1.89 bits per heavy atom. The third kappa shape index (κ3) is 4.60. The van der Waals surface area contributed by atoms with Gasteiger partial charge in [0.05, 0.1) is 0 Å². The maximum atomic E-state index is 6.18. The van der Waals surface area contributed by atoms with Crippen molar-refractivity contribution in [3.05, 3.63) is 34.9 Å². The number of hydrogen-bond donors (Lipinski definition) is 2. The minimum Gasteiger partial charge on any atom is -0.271 e. The Morgan fingerprint density at radius 1 is 1.28 bits per heavy atom. The van der Waals surface area contributed by atoms with E-state index in [4.69, 9.17) is 17.4 Å². The van der Waals surface area contributed by atoms with E-state index in [2.05, 4.69) is 39.2 Å². The van der Waals surface area contributed by atoms with Crippen molar-refractivity contribution in [2.75, 3.05) is 0 Å². The zero-order valence-corrected chi connectivity index (χ0v) is 12.6. The lowest BCUT2D eigenvalue weighted by Crippen LogP contribution is -2.39. The Bertz CT molecular complexity index is 371. The Labute approximate surface area is 116 Å². The summed E-state index contributed by atoms with van der Waals surface area (Å²) in [5.74, 6) is 6.27. The number of benzene rings is 1. The fourth-order valence-corrected chi connectivity index (χ4v) is 2.13. The van der Waals surface area contributed by atoms with Gasteiger partial charge in [0.1, 0.15) is 0 Å². The topological polar surface area (TPSA) is 38.0 Å². The predicted molar refractivity (Wildman–Crippen MR) is 79.5 cm³/mol. The van der Waals surface area contributed by atoms with Crippen LogP contribution >= 0.6 is 11.6 Å². The van der Waals surface area contributed by atoms with E-state index in [1.165, 1.54) is 0 Å².